The molecule has 1 amide bonds. The van der Waals surface area contributed by atoms with Gasteiger partial charge >= 0.3 is 0 Å². The van der Waals surface area contributed by atoms with Gasteiger partial charge in [-0.1, -0.05) is 22.0 Å². The maximum atomic E-state index is 12.8. The highest BCUT2D eigenvalue weighted by atomic mass is 79.9. The molecule has 1 aromatic carbocycles. The third-order valence-corrected chi connectivity index (χ3v) is 4.82. The fourth-order valence-electron chi connectivity index (χ4n) is 2.67. The van der Waals surface area contributed by atoms with Crippen LogP contribution < -0.4 is 5.32 Å². The van der Waals surface area contributed by atoms with E-state index in [0.29, 0.717) is 6.04 Å². The molecular weight excluding hydrogens is 316 g/mol. The maximum Gasteiger partial charge on any atom is 0.254 e. The van der Waals surface area contributed by atoms with Gasteiger partial charge < -0.3 is 10.2 Å². The summed E-state index contributed by atoms with van der Waals surface area (Å²) in [5, 5.41) is 3.47. The SMILES string of the molecule is Cc1c(Br)cccc1C(=O)N(CC1CCCN1)C(C)C. The minimum Gasteiger partial charge on any atom is -0.335 e. The van der Waals surface area contributed by atoms with Gasteiger partial charge in [0.15, 0.2) is 0 Å². The number of halogens is 1. The van der Waals surface area contributed by atoms with Crippen LogP contribution in [0, 0.1) is 6.92 Å². The van der Waals surface area contributed by atoms with E-state index in [-0.39, 0.29) is 11.9 Å². The highest BCUT2D eigenvalue weighted by molar-refractivity contribution is 9.10. The second-order valence-corrected chi connectivity index (χ2v) is 6.61. The van der Waals surface area contributed by atoms with Crippen LogP contribution in [-0.4, -0.2) is 36.0 Å². The Kier molecular flexibility index (Phi) is 5.22. The van der Waals surface area contributed by atoms with Gasteiger partial charge in [-0.3, -0.25) is 4.79 Å². The molecule has 1 heterocycles. The second-order valence-electron chi connectivity index (χ2n) is 5.76. The summed E-state index contributed by atoms with van der Waals surface area (Å²) in [5.41, 5.74) is 1.81. The van der Waals surface area contributed by atoms with Crippen molar-refractivity contribution in [3.63, 3.8) is 0 Å². The van der Waals surface area contributed by atoms with Gasteiger partial charge in [-0.25, -0.2) is 0 Å². The van der Waals surface area contributed by atoms with Crippen LogP contribution in [0.1, 0.15) is 42.6 Å². The van der Waals surface area contributed by atoms with Crippen LogP contribution in [0.25, 0.3) is 0 Å². The van der Waals surface area contributed by atoms with Gasteiger partial charge in [0.05, 0.1) is 0 Å². The van der Waals surface area contributed by atoms with Gasteiger partial charge in [0.2, 0.25) is 0 Å². The highest BCUT2D eigenvalue weighted by Gasteiger charge is 2.25. The van der Waals surface area contributed by atoms with E-state index in [1.807, 2.05) is 30.0 Å². The van der Waals surface area contributed by atoms with Crippen LogP contribution >= 0.6 is 15.9 Å². The van der Waals surface area contributed by atoms with Crippen molar-refractivity contribution >= 4 is 21.8 Å². The Balaban J connectivity index is 2.19. The van der Waals surface area contributed by atoms with Crippen molar-refractivity contribution in [2.24, 2.45) is 0 Å². The molecule has 0 aliphatic carbocycles. The number of nitrogens with one attached hydrogen (secondary N) is 1. The zero-order valence-electron chi connectivity index (χ0n) is 12.4. The van der Waals surface area contributed by atoms with Crippen LogP contribution in [0.3, 0.4) is 0 Å². The summed E-state index contributed by atoms with van der Waals surface area (Å²) in [5.74, 6) is 0.132. The van der Waals surface area contributed by atoms with Gasteiger partial charge in [-0.05, 0) is 57.9 Å². The zero-order chi connectivity index (χ0) is 14.7. The van der Waals surface area contributed by atoms with Gasteiger partial charge in [0.25, 0.3) is 5.91 Å². The van der Waals surface area contributed by atoms with Crippen molar-refractivity contribution in [2.45, 2.75) is 45.7 Å². The summed E-state index contributed by atoms with van der Waals surface area (Å²) in [6.07, 6.45) is 2.37. The molecule has 1 N–H and O–H groups in total. The van der Waals surface area contributed by atoms with Crippen molar-refractivity contribution in [1.82, 2.24) is 10.2 Å². The van der Waals surface area contributed by atoms with Gasteiger partial charge in [-0.2, -0.15) is 0 Å². The summed E-state index contributed by atoms with van der Waals surface area (Å²) in [4.78, 5) is 14.8. The summed E-state index contributed by atoms with van der Waals surface area (Å²) >= 11 is 3.51. The number of rotatable bonds is 4. The van der Waals surface area contributed by atoms with Gasteiger partial charge in [-0.15, -0.1) is 0 Å². The lowest BCUT2D eigenvalue weighted by atomic mass is 10.1. The van der Waals surface area contributed by atoms with Crippen LogP contribution in [0.2, 0.25) is 0 Å². The van der Waals surface area contributed by atoms with Crippen molar-refractivity contribution in [3.8, 4) is 0 Å². The quantitative estimate of drug-likeness (QED) is 0.912. The smallest absolute Gasteiger partial charge is 0.254 e. The Labute approximate surface area is 129 Å². The third-order valence-electron chi connectivity index (χ3n) is 3.96. The Bertz CT molecular complexity index is 481. The Morgan fingerprint density at radius 1 is 1.50 bits per heavy atom. The molecule has 0 radical (unpaired) electrons. The molecule has 2 rings (SSSR count). The summed E-state index contributed by atoms with van der Waals surface area (Å²) < 4.78 is 0.992. The molecular formula is C16H23BrN2O. The van der Waals surface area contributed by atoms with Crippen LogP contribution in [0.5, 0.6) is 0 Å². The number of amides is 1. The van der Waals surface area contributed by atoms with Crippen LogP contribution in [0.15, 0.2) is 22.7 Å². The molecule has 0 aromatic heterocycles. The summed E-state index contributed by atoms with van der Waals surface area (Å²) in [6.45, 7) is 8.02. The molecule has 1 atom stereocenters. The van der Waals surface area contributed by atoms with E-state index in [4.69, 9.17) is 0 Å². The first-order valence-corrected chi connectivity index (χ1v) is 8.09. The van der Waals surface area contributed by atoms with E-state index in [1.54, 1.807) is 0 Å². The zero-order valence-corrected chi connectivity index (χ0v) is 14.0. The fourth-order valence-corrected chi connectivity index (χ4v) is 3.04. The third kappa shape index (κ3) is 3.41. The molecule has 20 heavy (non-hydrogen) atoms. The topological polar surface area (TPSA) is 32.3 Å². The normalized spacial score (nSPS) is 18.6. The average Bonchev–Trinajstić information content (AvgIpc) is 2.91. The Hall–Kier alpha value is -0.870. The molecule has 0 bridgehead atoms. The predicted octanol–water partition coefficient (Wildman–Crippen LogP) is 3.36. The number of carbonyl (C=O) groups is 1. The molecule has 0 saturated carbocycles. The molecule has 3 nitrogen and oxygen atoms in total. The molecule has 1 aliphatic rings. The van der Waals surface area contributed by atoms with E-state index in [2.05, 4.69) is 35.1 Å². The molecule has 1 fully saturated rings. The van der Waals surface area contributed by atoms with Gasteiger partial charge in [0, 0.05) is 28.7 Å². The van der Waals surface area contributed by atoms with Crippen molar-refractivity contribution in [3.05, 3.63) is 33.8 Å². The van der Waals surface area contributed by atoms with Crippen molar-refractivity contribution < 1.29 is 4.79 Å². The first kappa shape index (κ1) is 15.5. The van der Waals surface area contributed by atoms with E-state index in [0.717, 1.165) is 35.1 Å². The average molecular weight is 339 g/mol. The molecule has 1 saturated heterocycles. The second kappa shape index (κ2) is 6.72. The number of benzene rings is 1. The summed E-state index contributed by atoms with van der Waals surface area (Å²) in [6, 6.07) is 6.47. The predicted molar refractivity (Wildman–Crippen MR) is 86.1 cm³/mol. The van der Waals surface area contributed by atoms with Gasteiger partial charge in [0.1, 0.15) is 0 Å². The van der Waals surface area contributed by atoms with E-state index < -0.39 is 0 Å². The highest BCUT2D eigenvalue weighted by Crippen LogP contribution is 2.22. The van der Waals surface area contributed by atoms with E-state index in [1.165, 1.54) is 6.42 Å². The number of hydrogen-bond acceptors (Lipinski definition) is 2. The van der Waals surface area contributed by atoms with Crippen LogP contribution in [-0.2, 0) is 0 Å². The molecule has 4 heteroatoms. The fraction of sp³-hybridized carbons (Fsp3) is 0.562. The minimum atomic E-state index is 0.132. The molecule has 110 valence electrons. The Morgan fingerprint density at radius 2 is 2.25 bits per heavy atom. The lowest BCUT2D eigenvalue weighted by Crippen LogP contribution is -2.45. The monoisotopic (exact) mass is 338 g/mol. The first-order chi connectivity index (χ1) is 9.50. The Morgan fingerprint density at radius 3 is 2.85 bits per heavy atom. The maximum absolute atomic E-state index is 12.8. The van der Waals surface area contributed by atoms with E-state index in [9.17, 15) is 4.79 Å². The number of nitrogens with zero attached hydrogens (tertiary/aromatic N) is 1. The molecule has 1 aliphatic heterocycles. The van der Waals surface area contributed by atoms with E-state index >= 15 is 0 Å². The van der Waals surface area contributed by atoms with Crippen LogP contribution in [0.4, 0.5) is 0 Å². The molecule has 1 unspecified atom stereocenters. The number of hydrogen-bond donors (Lipinski definition) is 1. The van der Waals surface area contributed by atoms with Crippen molar-refractivity contribution in [1.29, 1.82) is 0 Å². The van der Waals surface area contributed by atoms with Crippen molar-refractivity contribution in [2.75, 3.05) is 13.1 Å². The molecule has 1 aromatic rings. The lowest BCUT2D eigenvalue weighted by Gasteiger charge is -2.30. The largest absolute Gasteiger partial charge is 0.335 e. The lowest BCUT2D eigenvalue weighted by molar-refractivity contribution is 0.0688. The number of carbonyl (C=O) groups excluding carboxylic acids is 1. The standard InChI is InChI=1S/C16H23BrN2O/c1-11(2)19(10-13-6-5-9-18-13)16(20)14-7-4-8-15(17)12(14)3/h4,7-8,11,13,18H,5-6,9-10H2,1-3H3. The molecule has 0 spiro atoms. The summed E-state index contributed by atoms with van der Waals surface area (Å²) in [7, 11) is 0. The minimum absolute atomic E-state index is 0.132. The first-order valence-electron chi connectivity index (χ1n) is 7.30.